The van der Waals surface area contributed by atoms with Crippen LogP contribution in [0.15, 0.2) is 61.1 Å². The van der Waals surface area contributed by atoms with Crippen LogP contribution in [0, 0.1) is 6.92 Å². The van der Waals surface area contributed by atoms with Crippen molar-refractivity contribution >= 4 is 5.65 Å². The predicted octanol–water partition coefficient (Wildman–Crippen LogP) is 6.22. The van der Waals surface area contributed by atoms with Crippen LogP contribution in [0.25, 0.3) is 27.9 Å². The Morgan fingerprint density at radius 1 is 0.763 bits per heavy atom. The van der Waals surface area contributed by atoms with Crippen LogP contribution in [0.3, 0.4) is 0 Å². The van der Waals surface area contributed by atoms with E-state index in [-0.39, 0.29) is 0 Å². The minimum atomic E-state index is 0.738. The van der Waals surface area contributed by atoms with E-state index in [1.165, 1.54) is 81.4 Å². The third-order valence-electron chi connectivity index (χ3n) is 8.17. The number of fused-ring (bicyclic) bond motifs is 1. The maximum atomic E-state index is 6.01. The Bertz CT molecular complexity index is 1350. The fourth-order valence-electron chi connectivity index (χ4n) is 5.81. The first-order chi connectivity index (χ1) is 18.7. The molecule has 2 fully saturated rings. The van der Waals surface area contributed by atoms with E-state index in [2.05, 4.69) is 70.5 Å². The summed E-state index contributed by atoms with van der Waals surface area (Å²) in [6, 6.07) is 15.1. The highest BCUT2D eigenvalue weighted by Crippen LogP contribution is 2.29. The molecule has 2 aliphatic heterocycles. The number of nitrogens with zero attached hydrogens (tertiary/aromatic N) is 5. The maximum absolute atomic E-state index is 6.01. The van der Waals surface area contributed by atoms with Crippen LogP contribution in [0.5, 0.6) is 5.75 Å². The molecule has 0 atom stereocenters. The molecule has 4 heterocycles. The van der Waals surface area contributed by atoms with Gasteiger partial charge in [-0.2, -0.15) is 5.10 Å². The SMILES string of the molecule is Cc1ccc(-c2cnn3cc(-c4ccc(OCCN5CCCCC5)cc4)cnc23)cc1CN1CCCCC1. The standard InChI is InChI=1S/C32H39N5O/c1-25-8-9-27(20-28(25)23-36-16-6-3-7-17-36)31-22-34-37-24-29(21-33-32(31)37)26-10-12-30(13-11-26)38-19-18-35-14-4-2-5-15-35/h8-13,20-22,24H,2-7,14-19,23H2,1H3. The molecule has 2 saturated heterocycles. The van der Waals surface area contributed by atoms with E-state index in [1.807, 2.05) is 16.9 Å². The first kappa shape index (κ1) is 25.1. The quantitative estimate of drug-likeness (QED) is 0.282. The topological polar surface area (TPSA) is 45.9 Å². The Labute approximate surface area is 226 Å². The summed E-state index contributed by atoms with van der Waals surface area (Å²) >= 11 is 0. The second-order valence-corrected chi connectivity index (χ2v) is 10.9. The van der Waals surface area contributed by atoms with Gasteiger partial charge in [0.1, 0.15) is 12.4 Å². The van der Waals surface area contributed by atoms with Crippen LogP contribution in [-0.2, 0) is 6.54 Å². The van der Waals surface area contributed by atoms with Gasteiger partial charge >= 0.3 is 0 Å². The van der Waals surface area contributed by atoms with Crippen molar-refractivity contribution in [3.05, 3.63) is 72.2 Å². The maximum Gasteiger partial charge on any atom is 0.162 e. The lowest BCUT2D eigenvalue weighted by atomic mass is 10.00. The first-order valence-electron chi connectivity index (χ1n) is 14.3. The Morgan fingerprint density at radius 2 is 1.47 bits per heavy atom. The van der Waals surface area contributed by atoms with Gasteiger partial charge in [-0.1, -0.05) is 37.1 Å². The normalized spacial score (nSPS) is 17.2. The molecule has 6 heteroatoms. The van der Waals surface area contributed by atoms with Gasteiger partial charge in [-0.25, -0.2) is 9.50 Å². The Morgan fingerprint density at radius 3 is 2.24 bits per heavy atom. The largest absolute Gasteiger partial charge is 0.492 e. The third kappa shape index (κ3) is 5.77. The molecule has 0 bridgehead atoms. The molecular formula is C32H39N5O. The van der Waals surface area contributed by atoms with E-state index in [0.29, 0.717) is 0 Å². The second-order valence-electron chi connectivity index (χ2n) is 10.9. The van der Waals surface area contributed by atoms with Crippen molar-refractivity contribution in [3.63, 3.8) is 0 Å². The van der Waals surface area contributed by atoms with Gasteiger partial charge in [0.25, 0.3) is 0 Å². The lowest BCUT2D eigenvalue weighted by Gasteiger charge is -2.27. The molecule has 38 heavy (non-hydrogen) atoms. The van der Waals surface area contributed by atoms with E-state index < -0.39 is 0 Å². The Kier molecular flexibility index (Phi) is 7.70. The average Bonchev–Trinajstić information content (AvgIpc) is 3.39. The third-order valence-corrected chi connectivity index (χ3v) is 8.17. The fraction of sp³-hybridized carbons (Fsp3) is 0.438. The van der Waals surface area contributed by atoms with Gasteiger partial charge in [0.15, 0.2) is 5.65 Å². The molecule has 6 rings (SSSR count). The lowest BCUT2D eigenvalue weighted by Crippen LogP contribution is -2.33. The number of aryl methyl sites for hydroxylation is 1. The summed E-state index contributed by atoms with van der Waals surface area (Å²) in [6.45, 7) is 9.80. The van der Waals surface area contributed by atoms with Crippen molar-refractivity contribution in [1.82, 2.24) is 24.4 Å². The van der Waals surface area contributed by atoms with Crippen LogP contribution in [-0.4, -0.2) is 63.7 Å². The van der Waals surface area contributed by atoms with Gasteiger partial charge in [0.2, 0.25) is 0 Å². The molecular weight excluding hydrogens is 470 g/mol. The molecule has 0 radical (unpaired) electrons. The van der Waals surface area contributed by atoms with Crippen LogP contribution in [0.1, 0.15) is 49.7 Å². The van der Waals surface area contributed by atoms with Gasteiger partial charge < -0.3 is 4.74 Å². The molecule has 4 aromatic rings. The van der Waals surface area contributed by atoms with E-state index in [0.717, 1.165) is 47.8 Å². The number of piperidine rings is 2. The predicted molar refractivity (Wildman–Crippen MR) is 154 cm³/mol. The summed E-state index contributed by atoms with van der Waals surface area (Å²) in [5, 5.41) is 4.67. The molecule has 2 aromatic carbocycles. The van der Waals surface area contributed by atoms with Crippen LogP contribution < -0.4 is 4.74 Å². The summed E-state index contributed by atoms with van der Waals surface area (Å²) in [7, 11) is 0. The van der Waals surface area contributed by atoms with E-state index in [4.69, 9.17) is 9.72 Å². The van der Waals surface area contributed by atoms with Gasteiger partial charge in [0, 0.05) is 36.6 Å². The molecule has 0 spiro atoms. The van der Waals surface area contributed by atoms with E-state index in [9.17, 15) is 0 Å². The molecule has 0 amide bonds. The van der Waals surface area contributed by atoms with Crippen molar-refractivity contribution in [1.29, 1.82) is 0 Å². The number of benzene rings is 2. The molecule has 2 aromatic heterocycles. The highest BCUT2D eigenvalue weighted by atomic mass is 16.5. The number of likely N-dealkylation sites (tertiary alicyclic amines) is 2. The molecule has 2 aliphatic rings. The highest BCUT2D eigenvalue weighted by Gasteiger charge is 2.15. The second kappa shape index (κ2) is 11.7. The van der Waals surface area contributed by atoms with Gasteiger partial charge in [-0.3, -0.25) is 9.80 Å². The Balaban J connectivity index is 1.14. The zero-order valence-electron chi connectivity index (χ0n) is 22.6. The van der Waals surface area contributed by atoms with Crippen LogP contribution in [0.4, 0.5) is 0 Å². The summed E-state index contributed by atoms with van der Waals surface area (Å²) in [4.78, 5) is 9.93. The van der Waals surface area contributed by atoms with Crippen molar-refractivity contribution in [3.8, 4) is 28.0 Å². The Hall–Kier alpha value is -3.22. The monoisotopic (exact) mass is 509 g/mol. The highest BCUT2D eigenvalue weighted by molar-refractivity contribution is 5.78. The van der Waals surface area contributed by atoms with Crippen molar-refractivity contribution in [2.75, 3.05) is 39.3 Å². The van der Waals surface area contributed by atoms with E-state index >= 15 is 0 Å². The fourth-order valence-corrected chi connectivity index (χ4v) is 5.81. The zero-order valence-corrected chi connectivity index (χ0v) is 22.6. The number of rotatable bonds is 8. The molecule has 0 N–H and O–H groups in total. The van der Waals surface area contributed by atoms with Crippen LogP contribution in [0.2, 0.25) is 0 Å². The number of hydrogen-bond acceptors (Lipinski definition) is 5. The van der Waals surface area contributed by atoms with Gasteiger partial charge in [-0.15, -0.1) is 0 Å². The molecule has 198 valence electrons. The summed E-state index contributed by atoms with van der Waals surface area (Å²) in [6.07, 6.45) is 14.0. The van der Waals surface area contributed by atoms with Crippen LogP contribution >= 0.6 is 0 Å². The lowest BCUT2D eigenvalue weighted by molar-refractivity contribution is 0.183. The molecule has 0 saturated carbocycles. The minimum Gasteiger partial charge on any atom is -0.492 e. The van der Waals surface area contributed by atoms with Crippen molar-refractivity contribution in [2.24, 2.45) is 0 Å². The molecule has 6 nitrogen and oxygen atoms in total. The summed E-state index contributed by atoms with van der Waals surface area (Å²) in [5.41, 5.74) is 8.06. The minimum absolute atomic E-state index is 0.738. The smallest absolute Gasteiger partial charge is 0.162 e. The van der Waals surface area contributed by atoms with Crippen molar-refractivity contribution < 1.29 is 4.74 Å². The average molecular weight is 510 g/mol. The zero-order chi connectivity index (χ0) is 25.7. The summed E-state index contributed by atoms with van der Waals surface area (Å²) < 4.78 is 7.91. The van der Waals surface area contributed by atoms with Crippen molar-refractivity contribution in [2.45, 2.75) is 52.0 Å². The summed E-state index contributed by atoms with van der Waals surface area (Å²) in [5.74, 6) is 0.918. The van der Waals surface area contributed by atoms with Gasteiger partial charge in [-0.05, 0) is 99.2 Å². The molecule has 0 aliphatic carbocycles. The first-order valence-corrected chi connectivity index (χ1v) is 14.3. The number of ether oxygens (including phenoxy) is 1. The van der Waals surface area contributed by atoms with E-state index in [1.54, 1.807) is 0 Å². The number of hydrogen-bond donors (Lipinski definition) is 0. The van der Waals surface area contributed by atoms with Gasteiger partial charge in [0.05, 0.1) is 6.20 Å². The molecule has 0 unspecified atom stereocenters. The number of aromatic nitrogens is 3.